The predicted octanol–water partition coefficient (Wildman–Crippen LogP) is 5.02. The van der Waals surface area contributed by atoms with Crippen LogP contribution in [0.1, 0.15) is 15.2 Å². The lowest BCUT2D eigenvalue weighted by Gasteiger charge is -2.20. The Morgan fingerprint density at radius 1 is 1.33 bits per heavy atom. The molecule has 2 nitrogen and oxygen atoms in total. The number of halogens is 3. The standard InChI is InChI=1S/C15H12Cl2FNOS/c1-2-7-19(9-11-4-6-14(17)21-11)15(20)12-8-10(16)3-5-13(12)18/h2-6,8H,1,7,9H2. The van der Waals surface area contributed by atoms with Crippen molar-refractivity contribution in [1.29, 1.82) is 0 Å². The Hall–Kier alpha value is -1.36. The molecule has 0 aliphatic carbocycles. The summed E-state index contributed by atoms with van der Waals surface area (Å²) in [6, 6.07) is 7.52. The van der Waals surface area contributed by atoms with Crippen LogP contribution in [0, 0.1) is 5.82 Å². The maximum Gasteiger partial charge on any atom is 0.257 e. The van der Waals surface area contributed by atoms with E-state index in [0.717, 1.165) is 4.88 Å². The summed E-state index contributed by atoms with van der Waals surface area (Å²) >= 11 is 13.1. The summed E-state index contributed by atoms with van der Waals surface area (Å²) in [5.41, 5.74) is -0.0491. The van der Waals surface area contributed by atoms with Crippen molar-refractivity contribution >= 4 is 40.4 Å². The molecule has 0 fully saturated rings. The number of carbonyl (C=O) groups is 1. The molecule has 1 aromatic heterocycles. The molecule has 1 heterocycles. The van der Waals surface area contributed by atoms with E-state index in [9.17, 15) is 9.18 Å². The number of nitrogens with zero attached hydrogens (tertiary/aromatic N) is 1. The van der Waals surface area contributed by atoms with Gasteiger partial charge in [0.1, 0.15) is 5.82 Å². The molecular formula is C15H12Cl2FNOS. The number of rotatable bonds is 5. The Morgan fingerprint density at radius 2 is 2.10 bits per heavy atom. The lowest BCUT2D eigenvalue weighted by atomic mass is 10.2. The third kappa shape index (κ3) is 4.06. The number of thiophene rings is 1. The average molecular weight is 344 g/mol. The molecule has 2 rings (SSSR count). The van der Waals surface area contributed by atoms with Crippen molar-refractivity contribution in [2.75, 3.05) is 6.54 Å². The fraction of sp³-hybridized carbons (Fsp3) is 0.133. The number of amides is 1. The van der Waals surface area contributed by atoms with Crippen molar-refractivity contribution in [3.8, 4) is 0 Å². The third-order valence-electron chi connectivity index (χ3n) is 2.77. The van der Waals surface area contributed by atoms with E-state index < -0.39 is 11.7 Å². The summed E-state index contributed by atoms with van der Waals surface area (Å²) in [4.78, 5) is 14.9. The van der Waals surface area contributed by atoms with Crippen LogP contribution in [0.5, 0.6) is 0 Å². The maximum absolute atomic E-state index is 13.8. The second-order valence-electron chi connectivity index (χ2n) is 4.30. The smallest absolute Gasteiger partial charge is 0.257 e. The zero-order valence-electron chi connectivity index (χ0n) is 11.0. The van der Waals surface area contributed by atoms with Gasteiger partial charge in [-0.1, -0.05) is 29.3 Å². The Kier molecular flexibility index (Phi) is 5.39. The molecule has 21 heavy (non-hydrogen) atoms. The van der Waals surface area contributed by atoms with Crippen LogP contribution in [0.4, 0.5) is 4.39 Å². The van der Waals surface area contributed by atoms with E-state index in [0.29, 0.717) is 22.4 Å². The van der Waals surface area contributed by atoms with Crippen molar-refractivity contribution < 1.29 is 9.18 Å². The zero-order chi connectivity index (χ0) is 15.4. The molecule has 1 amide bonds. The van der Waals surface area contributed by atoms with Gasteiger partial charge in [-0.3, -0.25) is 4.79 Å². The highest BCUT2D eigenvalue weighted by molar-refractivity contribution is 7.16. The van der Waals surface area contributed by atoms with Gasteiger partial charge in [-0.15, -0.1) is 17.9 Å². The van der Waals surface area contributed by atoms with Crippen molar-refractivity contribution in [3.05, 3.63) is 68.6 Å². The topological polar surface area (TPSA) is 20.3 Å². The Balaban J connectivity index is 2.26. The molecule has 0 unspecified atom stereocenters. The Bertz CT molecular complexity index is 671. The lowest BCUT2D eigenvalue weighted by molar-refractivity contribution is 0.0759. The van der Waals surface area contributed by atoms with E-state index in [2.05, 4.69) is 6.58 Å². The summed E-state index contributed by atoms with van der Waals surface area (Å²) in [6.07, 6.45) is 1.59. The van der Waals surface area contributed by atoms with E-state index in [1.165, 1.54) is 34.4 Å². The van der Waals surface area contributed by atoms with Crippen LogP contribution in [0.15, 0.2) is 43.0 Å². The summed E-state index contributed by atoms with van der Waals surface area (Å²) in [7, 11) is 0. The number of carbonyl (C=O) groups excluding carboxylic acids is 1. The predicted molar refractivity (Wildman–Crippen MR) is 85.7 cm³/mol. The van der Waals surface area contributed by atoms with Gasteiger partial charge in [0, 0.05) is 16.4 Å². The lowest BCUT2D eigenvalue weighted by Crippen LogP contribution is -2.31. The van der Waals surface area contributed by atoms with E-state index in [1.807, 2.05) is 6.07 Å². The fourth-order valence-corrected chi connectivity index (χ4v) is 3.11. The van der Waals surface area contributed by atoms with E-state index >= 15 is 0 Å². The highest BCUT2D eigenvalue weighted by atomic mass is 35.5. The summed E-state index contributed by atoms with van der Waals surface area (Å²) in [6.45, 7) is 4.27. The van der Waals surface area contributed by atoms with Gasteiger partial charge in [0.05, 0.1) is 16.4 Å². The number of hydrogen-bond donors (Lipinski definition) is 0. The second kappa shape index (κ2) is 7.07. The third-order valence-corrected chi connectivity index (χ3v) is 4.22. The second-order valence-corrected chi connectivity index (χ2v) is 6.54. The summed E-state index contributed by atoms with van der Waals surface area (Å²) < 4.78 is 14.5. The van der Waals surface area contributed by atoms with Crippen molar-refractivity contribution in [1.82, 2.24) is 4.90 Å². The van der Waals surface area contributed by atoms with Gasteiger partial charge < -0.3 is 4.90 Å². The molecule has 0 bridgehead atoms. The molecule has 0 saturated carbocycles. The quantitative estimate of drug-likeness (QED) is 0.697. The van der Waals surface area contributed by atoms with Gasteiger partial charge in [-0.25, -0.2) is 4.39 Å². The first-order chi connectivity index (χ1) is 10.0. The van der Waals surface area contributed by atoms with Gasteiger partial charge in [-0.05, 0) is 30.3 Å². The minimum Gasteiger partial charge on any atom is -0.330 e. The maximum atomic E-state index is 13.8. The van der Waals surface area contributed by atoms with Gasteiger partial charge in [0.15, 0.2) is 0 Å². The average Bonchev–Trinajstić information content (AvgIpc) is 2.86. The van der Waals surface area contributed by atoms with Gasteiger partial charge >= 0.3 is 0 Å². The van der Waals surface area contributed by atoms with Crippen LogP contribution >= 0.6 is 34.5 Å². The SMILES string of the molecule is C=CCN(Cc1ccc(Cl)s1)C(=O)c1cc(Cl)ccc1F. The van der Waals surface area contributed by atoms with Gasteiger partial charge in [0.2, 0.25) is 0 Å². The molecule has 6 heteroatoms. The molecule has 1 aromatic carbocycles. The highest BCUT2D eigenvalue weighted by Gasteiger charge is 2.19. The monoisotopic (exact) mass is 343 g/mol. The Morgan fingerprint density at radius 3 is 2.71 bits per heavy atom. The Labute approximate surface area is 136 Å². The molecule has 0 aliphatic rings. The van der Waals surface area contributed by atoms with Crippen LogP contribution in [-0.4, -0.2) is 17.4 Å². The minimum absolute atomic E-state index is 0.0491. The molecule has 0 aliphatic heterocycles. The largest absolute Gasteiger partial charge is 0.330 e. The van der Waals surface area contributed by atoms with Gasteiger partial charge in [-0.2, -0.15) is 0 Å². The zero-order valence-corrected chi connectivity index (χ0v) is 13.3. The fourth-order valence-electron chi connectivity index (χ4n) is 1.83. The molecule has 0 spiro atoms. The van der Waals surface area contributed by atoms with E-state index in [4.69, 9.17) is 23.2 Å². The van der Waals surface area contributed by atoms with Gasteiger partial charge in [0.25, 0.3) is 5.91 Å². The van der Waals surface area contributed by atoms with Crippen molar-refractivity contribution in [3.63, 3.8) is 0 Å². The van der Waals surface area contributed by atoms with E-state index in [1.54, 1.807) is 12.1 Å². The molecule has 110 valence electrons. The molecule has 0 N–H and O–H groups in total. The van der Waals surface area contributed by atoms with Crippen molar-refractivity contribution in [2.45, 2.75) is 6.54 Å². The number of hydrogen-bond acceptors (Lipinski definition) is 2. The molecule has 2 aromatic rings. The molecule has 0 saturated heterocycles. The van der Waals surface area contributed by atoms with Crippen LogP contribution in [-0.2, 0) is 6.54 Å². The first-order valence-electron chi connectivity index (χ1n) is 6.10. The molecule has 0 radical (unpaired) electrons. The highest BCUT2D eigenvalue weighted by Crippen LogP contribution is 2.24. The van der Waals surface area contributed by atoms with Crippen LogP contribution < -0.4 is 0 Å². The first-order valence-corrected chi connectivity index (χ1v) is 7.68. The van der Waals surface area contributed by atoms with Crippen molar-refractivity contribution in [2.24, 2.45) is 0 Å². The minimum atomic E-state index is -0.595. The molecular weight excluding hydrogens is 332 g/mol. The van der Waals surface area contributed by atoms with Crippen LogP contribution in [0.25, 0.3) is 0 Å². The number of benzene rings is 1. The summed E-state index contributed by atoms with van der Waals surface area (Å²) in [5, 5.41) is 0.317. The molecule has 0 atom stereocenters. The van der Waals surface area contributed by atoms with Crippen LogP contribution in [0.2, 0.25) is 9.36 Å². The normalized spacial score (nSPS) is 10.4. The van der Waals surface area contributed by atoms with E-state index in [-0.39, 0.29) is 5.56 Å². The summed E-state index contributed by atoms with van der Waals surface area (Å²) in [5.74, 6) is -1.03. The van der Waals surface area contributed by atoms with Crippen LogP contribution in [0.3, 0.4) is 0 Å². The first kappa shape index (κ1) is 16.0.